The maximum atomic E-state index is 12.3. The van der Waals surface area contributed by atoms with Crippen LogP contribution in [0.4, 0.5) is 41.4 Å². The van der Waals surface area contributed by atoms with Crippen molar-refractivity contribution in [2.75, 3.05) is 73.6 Å². The first-order valence-corrected chi connectivity index (χ1v) is 31.0. The van der Waals surface area contributed by atoms with Crippen LogP contribution in [0.5, 0.6) is 0 Å². The second-order valence-electron chi connectivity index (χ2n) is 25.5. The standard InChI is InChI=1S/C24H31N5O3.C24H29N5O3.C19H23N5O/c2*1-24(2,3)32-23(31)28-9-6-16(7-10-28)18-12-19(14-26-13-18)20-11-17-5-4-8-29(22(25)30)21(17)27-15-20;20-19(25)24-7-1-2-14-8-17(12-23-18(14)24)16-9-15(10-22-11-16)13-3-5-21-6-4-13/h11-16H,4-10H2,1-3H3,(H2,25,30);6,11-15H,4-5,7-10H2,1-3H3,(H2,25,30);8-13,21H,1-7H2,(H2,20,25). The number of aromatic nitrogens is 6. The summed E-state index contributed by atoms with van der Waals surface area (Å²) < 4.78 is 11.0. The maximum absolute atomic E-state index is 12.3. The third-order valence-corrected chi connectivity index (χ3v) is 16.8. The summed E-state index contributed by atoms with van der Waals surface area (Å²) >= 11 is 0. The molecule has 0 unspecified atom stereocenters. The van der Waals surface area contributed by atoms with Crippen molar-refractivity contribution < 1.29 is 33.4 Å². The molecule has 22 nitrogen and oxygen atoms in total. The maximum Gasteiger partial charge on any atom is 0.410 e. The van der Waals surface area contributed by atoms with E-state index in [0.717, 1.165) is 145 Å². The summed E-state index contributed by atoms with van der Waals surface area (Å²) in [6, 6.07) is 11.4. The van der Waals surface area contributed by atoms with E-state index in [1.54, 1.807) is 27.1 Å². The Labute approximate surface area is 520 Å². The van der Waals surface area contributed by atoms with Gasteiger partial charge in [0.15, 0.2) is 0 Å². The monoisotopic (exact) mass is 1210 g/mol. The van der Waals surface area contributed by atoms with Gasteiger partial charge in [-0.15, -0.1) is 0 Å². The minimum Gasteiger partial charge on any atom is -0.444 e. The van der Waals surface area contributed by atoms with Gasteiger partial charge in [-0.3, -0.25) is 29.7 Å². The van der Waals surface area contributed by atoms with Gasteiger partial charge in [-0.1, -0.05) is 6.08 Å². The fraction of sp³-hybridized carbons (Fsp3) is 0.448. The third-order valence-electron chi connectivity index (χ3n) is 16.8. The fourth-order valence-electron chi connectivity index (χ4n) is 12.3. The van der Waals surface area contributed by atoms with Gasteiger partial charge in [0, 0.05) is 135 Å². The lowest BCUT2D eigenvalue weighted by Crippen LogP contribution is -2.41. The van der Waals surface area contributed by atoms with Crippen LogP contribution >= 0.6 is 0 Å². The van der Waals surface area contributed by atoms with Crippen molar-refractivity contribution in [2.45, 2.75) is 135 Å². The number of rotatable bonds is 6. The van der Waals surface area contributed by atoms with Gasteiger partial charge >= 0.3 is 30.3 Å². The molecule has 468 valence electrons. The normalized spacial score (nSPS) is 17.1. The predicted octanol–water partition coefficient (Wildman–Crippen LogP) is 10.5. The Hall–Kier alpha value is -9.05. The molecule has 12 heterocycles. The number of aryl methyl sites for hydroxylation is 3. The fourth-order valence-corrected chi connectivity index (χ4v) is 12.3. The van der Waals surface area contributed by atoms with Crippen LogP contribution in [0, 0.1) is 0 Å². The molecule has 0 saturated carbocycles. The minimum absolute atomic E-state index is 0.243. The number of piperidine rings is 2. The van der Waals surface area contributed by atoms with Crippen LogP contribution in [0.1, 0.15) is 138 Å². The molecule has 2 saturated heterocycles. The molecule has 22 heteroatoms. The zero-order valence-corrected chi connectivity index (χ0v) is 52.0. The number of fused-ring (bicyclic) bond motifs is 3. The van der Waals surface area contributed by atoms with E-state index < -0.39 is 29.3 Å². The number of pyridine rings is 6. The Bertz CT molecular complexity index is 3600. The van der Waals surface area contributed by atoms with Crippen LogP contribution < -0.4 is 37.2 Å². The first-order valence-electron chi connectivity index (χ1n) is 31.0. The second-order valence-corrected chi connectivity index (χ2v) is 25.5. The Balaban J connectivity index is 0.000000148. The Morgan fingerprint density at radius 1 is 0.449 bits per heavy atom. The van der Waals surface area contributed by atoms with E-state index in [-0.39, 0.29) is 12.2 Å². The van der Waals surface area contributed by atoms with Gasteiger partial charge in [0.1, 0.15) is 28.7 Å². The van der Waals surface area contributed by atoms with Crippen LogP contribution in [0.25, 0.3) is 39.0 Å². The predicted molar refractivity (Wildman–Crippen MR) is 343 cm³/mol. The van der Waals surface area contributed by atoms with E-state index in [9.17, 15) is 24.0 Å². The molecule has 2 fully saturated rings. The van der Waals surface area contributed by atoms with Gasteiger partial charge in [-0.2, -0.15) is 0 Å². The van der Waals surface area contributed by atoms with Crippen LogP contribution in [0.15, 0.2) is 98.2 Å². The van der Waals surface area contributed by atoms with Gasteiger partial charge in [-0.05, 0) is 212 Å². The summed E-state index contributed by atoms with van der Waals surface area (Å²) in [5.74, 6) is 2.92. The summed E-state index contributed by atoms with van der Waals surface area (Å²) in [6.07, 6.45) is 28.3. The lowest BCUT2D eigenvalue weighted by Gasteiger charge is -2.33. The van der Waals surface area contributed by atoms with Crippen LogP contribution in [-0.4, -0.2) is 140 Å². The largest absolute Gasteiger partial charge is 0.444 e. The molecule has 0 aromatic carbocycles. The van der Waals surface area contributed by atoms with E-state index >= 15 is 0 Å². The highest BCUT2D eigenvalue weighted by Gasteiger charge is 2.30. The summed E-state index contributed by atoms with van der Waals surface area (Å²) in [6.45, 7) is 17.7. The average Bonchev–Trinajstić information content (AvgIpc) is 3.32. The van der Waals surface area contributed by atoms with Crippen LogP contribution in [-0.2, 0) is 28.7 Å². The van der Waals surface area contributed by atoms with Gasteiger partial charge in [0.05, 0.1) is 0 Å². The summed E-state index contributed by atoms with van der Waals surface area (Å²) in [5.41, 5.74) is 29.3. The van der Waals surface area contributed by atoms with Crippen molar-refractivity contribution in [3.8, 4) is 33.4 Å². The lowest BCUT2D eigenvalue weighted by atomic mass is 9.89. The molecule has 6 aromatic rings. The second kappa shape index (κ2) is 27.6. The Morgan fingerprint density at radius 3 is 1.24 bits per heavy atom. The summed E-state index contributed by atoms with van der Waals surface area (Å²) in [4.78, 5) is 94.7. The quantitative estimate of drug-likeness (QED) is 0.121. The molecule has 12 rings (SSSR count). The van der Waals surface area contributed by atoms with Crippen molar-refractivity contribution in [3.05, 3.63) is 132 Å². The zero-order valence-electron chi connectivity index (χ0n) is 52.0. The zero-order chi connectivity index (χ0) is 63.0. The molecular weight excluding hydrogens is 1130 g/mol. The molecule has 0 spiro atoms. The molecule has 89 heavy (non-hydrogen) atoms. The number of urea groups is 3. The first kappa shape index (κ1) is 63.0. The molecule has 7 N–H and O–H groups in total. The van der Waals surface area contributed by atoms with E-state index in [0.29, 0.717) is 75.1 Å². The molecule has 6 aromatic heterocycles. The number of carbonyl (C=O) groups is 5. The van der Waals surface area contributed by atoms with Gasteiger partial charge in [0.25, 0.3) is 0 Å². The summed E-state index contributed by atoms with van der Waals surface area (Å²) in [7, 11) is 0. The number of nitrogens with two attached hydrogens (primary N) is 3. The highest BCUT2D eigenvalue weighted by atomic mass is 16.6. The third kappa shape index (κ3) is 15.8. The Morgan fingerprint density at radius 2 is 0.831 bits per heavy atom. The highest BCUT2D eigenvalue weighted by molar-refractivity contribution is 5.93. The summed E-state index contributed by atoms with van der Waals surface area (Å²) in [5, 5.41) is 3.41. The van der Waals surface area contributed by atoms with Crippen molar-refractivity contribution in [1.29, 1.82) is 0 Å². The molecule has 0 atom stereocenters. The van der Waals surface area contributed by atoms with E-state index in [2.05, 4.69) is 77.7 Å². The number of ether oxygens (including phenoxy) is 2. The van der Waals surface area contributed by atoms with Crippen molar-refractivity contribution in [1.82, 2.24) is 45.0 Å². The van der Waals surface area contributed by atoms with Gasteiger partial charge in [-0.25, -0.2) is 38.9 Å². The van der Waals surface area contributed by atoms with Crippen molar-refractivity contribution in [2.24, 2.45) is 17.2 Å². The van der Waals surface area contributed by atoms with E-state index in [1.807, 2.05) is 84.9 Å². The molecule has 8 amide bonds. The Kier molecular flexibility index (Phi) is 19.5. The lowest BCUT2D eigenvalue weighted by molar-refractivity contribution is 0.0203. The molecule has 6 aliphatic heterocycles. The number of carbonyl (C=O) groups excluding carboxylic acids is 5. The molecule has 0 bridgehead atoms. The molecular formula is C67H83N15O7. The first-order chi connectivity index (χ1) is 42.6. The minimum atomic E-state index is -0.503. The average molecular weight is 1210 g/mol. The number of amides is 8. The van der Waals surface area contributed by atoms with Gasteiger partial charge < -0.3 is 41.8 Å². The van der Waals surface area contributed by atoms with Crippen LogP contribution in [0.2, 0.25) is 0 Å². The number of nitrogens with zero attached hydrogens (tertiary/aromatic N) is 11. The number of nitrogens with one attached hydrogen (secondary N) is 1. The SMILES string of the molecule is CC(C)(C)OC(=O)N1CC=C(c2cncc(-c3cnc4c(c3)CCCN4C(N)=O)c2)CC1.CC(C)(C)OC(=O)N1CCC(c2cncc(-c3cnc4c(c3)CCCN4C(N)=O)c2)CC1.NC(=O)N1CCCc2cc(-c3cncc(C4CCNCC4)c3)cnc21. The topological polar surface area (TPSA) is 287 Å². The smallest absolute Gasteiger partial charge is 0.410 e. The van der Waals surface area contributed by atoms with Crippen molar-refractivity contribution in [3.63, 3.8) is 0 Å². The van der Waals surface area contributed by atoms with E-state index in [1.165, 1.54) is 20.9 Å². The van der Waals surface area contributed by atoms with Crippen molar-refractivity contribution >= 4 is 53.3 Å². The molecule has 6 aliphatic rings. The number of hydrogen-bond acceptors (Lipinski definition) is 14. The van der Waals surface area contributed by atoms with E-state index in [4.69, 9.17) is 26.7 Å². The number of primary amides is 3. The highest BCUT2D eigenvalue weighted by Crippen LogP contribution is 2.36. The van der Waals surface area contributed by atoms with Crippen LogP contribution in [0.3, 0.4) is 0 Å². The molecule has 0 aliphatic carbocycles. The number of anilines is 3. The van der Waals surface area contributed by atoms with Gasteiger partial charge in [0.2, 0.25) is 0 Å². The number of likely N-dealkylation sites (tertiary alicyclic amines) is 1. The molecule has 0 radical (unpaired) electrons. The number of hydrogen-bond donors (Lipinski definition) is 4.